The van der Waals surface area contributed by atoms with E-state index in [1.807, 2.05) is 6.92 Å². The molecule has 29 heavy (non-hydrogen) atoms. The minimum Gasteiger partial charge on any atom is -0.611 e. The van der Waals surface area contributed by atoms with Gasteiger partial charge in [0.1, 0.15) is 17.1 Å². The van der Waals surface area contributed by atoms with Gasteiger partial charge in [0.05, 0.1) is 10.5 Å². The Morgan fingerprint density at radius 2 is 1.93 bits per heavy atom. The van der Waals surface area contributed by atoms with Crippen molar-refractivity contribution in [1.82, 2.24) is 14.5 Å². The van der Waals surface area contributed by atoms with Crippen molar-refractivity contribution in [2.45, 2.75) is 57.9 Å². The third-order valence-electron chi connectivity index (χ3n) is 5.05. The number of hydrogen-bond acceptors (Lipinski definition) is 4. The average Bonchev–Trinajstić information content (AvgIpc) is 3.02. The Morgan fingerprint density at radius 3 is 2.62 bits per heavy atom. The molecule has 1 unspecified atom stereocenters. The Hall–Kier alpha value is -1.47. The number of fused-ring (bicyclic) bond motifs is 1. The number of unbranched alkanes of at least 4 members (excludes halogenated alkanes) is 1. The molecule has 2 N–H and O–H groups in total. The largest absolute Gasteiger partial charge is 0.611 e. The van der Waals surface area contributed by atoms with Gasteiger partial charge in [0.25, 0.3) is 0 Å². The number of aromatic nitrogens is 3. The fourth-order valence-electron chi connectivity index (χ4n) is 3.47. The normalized spacial score (nSPS) is 12.6. The Bertz CT molecular complexity index is 1020. The number of halogens is 2. The van der Waals surface area contributed by atoms with Gasteiger partial charge in [-0.25, -0.2) is 9.97 Å². The highest BCUT2D eigenvalue weighted by Gasteiger charge is 2.18. The quantitative estimate of drug-likeness (QED) is 0.362. The lowest BCUT2D eigenvalue weighted by Gasteiger charge is -2.14. The van der Waals surface area contributed by atoms with Crippen molar-refractivity contribution in [2.24, 2.45) is 0 Å². The van der Waals surface area contributed by atoms with Crippen molar-refractivity contribution in [3.63, 3.8) is 0 Å². The summed E-state index contributed by atoms with van der Waals surface area (Å²) < 4.78 is 14.9. The smallest absolute Gasteiger partial charge is 0.171 e. The molecule has 1 aromatic carbocycles. The lowest BCUT2D eigenvalue weighted by atomic mass is 10.2. The Morgan fingerprint density at radius 1 is 1.17 bits per heavy atom. The number of nitrogens with two attached hydrogens (primary N) is 1. The van der Waals surface area contributed by atoms with E-state index in [1.54, 1.807) is 18.2 Å². The van der Waals surface area contributed by atoms with Crippen molar-refractivity contribution in [3.05, 3.63) is 45.3 Å². The molecule has 5 nitrogen and oxygen atoms in total. The number of hydrogen-bond donors (Lipinski definition) is 1. The molecule has 0 amide bonds. The standard InChI is InChI=1S/C21H26Cl2N4OS/c1-4-7-18-26-19-20(13(2)14(3)25-21(19)24)27(18)10-5-6-11-29(28)17-9-8-15(22)12-16(17)23/h8-9,12H,4-7,10-11H2,1-3H3,(H2,24,25). The van der Waals surface area contributed by atoms with Crippen LogP contribution in [0, 0.1) is 13.8 Å². The SMILES string of the molecule is CCCc1nc2c(N)nc(C)c(C)c2n1CCCC[S+]([O-])c1ccc(Cl)cc1Cl. The maximum atomic E-state index is 12.6. The number of rotatable bonds is 8. The van der Waals surface area contributed by atoms with E-state index < -0.39 is 11.2 Å². The molecule has 8 heteroatoms. The van der Waals surface area contributed by atoms with Crippen molar-refractivity contribution in [2.75, 3.05) is 11.5 Å². The lowest BCUT2D eigenvalue weighted by molar-refractivity contribution is 0.578. The molecule has 0 aliphatic heterocycles. The number of anilines is 1. The molecule has 0 aliphatic carbocycles. The van der Waals surface area contributed by atoms with Gasteiger partial charge >= 0.3 is 0 Å². The minimum atomic E-state index is -1.14. The summed E-state index contributed by atoms with van der Waals surface area (Å²) in [7, 11) is 0. The van der Waals surface area contributed by atoms with Gasteiger partial charge in [-0.2, -0.15) is 0 Å². The van der Waals surface area contributed by atoms with Crippen molar-refractivity contribution >= 4 is 51.2 Å². The molecule has 1 atom stereocenters. The van der Waals surface area contributed by atoms with E-state index in [-0.39, 0.29) is 0 Å². The van der Waals surface area contributed by atoms with E-state index in [4.69, 9.17) is 33.9 Å². The molecule has 0 saturated carbocycles. The first-order chi connectivity index (χ1) is 13.8. The Labute approximate surface area is 184 Å². The molecule has 0 spiro atoms. The van der Waals surface area contributed by atoms with Crippen LogP contribution in [0.4, 0.5) is 5.82 Å². The van der Waals surface area contributed by atoms with E-state index in [1.165, 1.54) is 0 Å². The first kappa shape index (κ1) is 22.2. The van der Waals surface area contributed by atoms with Crippen LogP contribution < -0.4 is 5.73 Å². The van der Waals surface area contributed by atoms with E-state index in [2.05, 4.69) is 23.4 Å². The van der Waals surface area contributed by atoms with Crippen molar-refractivity contribution in [3.8, 4) is 0 Å². The first-order valence-electron chi connectivity index (χ1n) is 9.78. The molecule has 3 aromatic rings. The van der Waals surface area contributed by atoms with Crippen LogP contribution in [0.15, 0.2) is 23.1 Å². The van der Waals surface area contributed by atoms with Gasteiger partial charge in [-0.15, -0.1) is 0 Å². The summed E-state index contributed by atoms with van der Waals surface area (Å²) in [4.78, 5) is 9.83. The molecular weight excluding hydrogens is 427 g/mol. The lowest BCUT2D eigenvalue weighted by Crippen LogP contribution is -2.10. The van der Waals surface area contributed by atoms with Crippen LogP contribution >= 0.6 is 23.2 Å². The second-order valence-corrected chi connectivity index (χ2v) is 9.55. The highest BCUT2D eigenvalue weighted by Crippen LogP contribution is 2.28. The van der Waals surface area contributed by atoms with Gasteiger partial charge in [-0.05, 0) is 68.0 Å². The summed E-state index contributed by atoms with van der Waals surface area (Å²) in [6.07, 6.45) is 3.60. The van der Waals surface area contributed by atoms with Crippen molar-refractivity contribution in [1.29, 1.82) is 0 Å². The zero-order valence-corrected chi connectivity index (χ0v) is 19.3. The van der Waals surface area contributed by atoms with Gasteiger partial charge in [0.15, 0.2) is 10.7 Å². The number of nitrogen functional groups attached to an aromatic ring is 1. The van der Waals surface area contributed by atoms with Crippen LogP contribution in [0.1, 0.15) is 43.3 Å². The molecule has 0 fully saturated rings. The number of aryl methyl sites for hydroxylation is 4. The van der Waals surface area contributed by atoms with E-state index in [9.17, 15) is 4.55 Å². The summed E-state index contributed by atoms with van der Waals surface area (Å²) in [5.74, 6) is 2.07. The zero-order valence-electron chi connectivity index (χ0n) is 17.0. The fourth-order valence-corrected chi connectivity index (χ4v) is 5.32. The summed E-state index contributed by atoms with van der Waals surface area (Å²) in [6, 6.07) is 5.10. The summed E-state index contributed by atoms with van der Waals surface area (Å²) >= 11 is 11.0. The maximum Gasteiger partial charge on any atom is 0.171 e. The van der Waals surface area contributed by atoms with Crippen LogP contribution in [0.5, 0.6) is 0 Å². The Kier molecular flexibility index (Phi) is 7.32. The number of benzene rings is 1. The maximum absolute atomic E-state index is 12.6. The third-order valence-corrected chi connectivity index (χ3v) is 7.22. The molecule has 0 aliphatic rings. The van der Waals surface area contributed by atoms with Crippen LogP contribution in [0.25, 0.3) is 11.0 Å². The Balaban J connectivity index is 1.74. The molecule has 3 rings (SSSR count). The van der Waals surface area contributed by atoms with Gasteiger partial charge < -0.3 is 14.9 Å². The van der Waals surface area contributed by atoms with Crippen LogP contribution in [-0.4, -0.2) is 24.8 Å². The van der Waals surface area contributed by atoms with E-state index in [0.29, 0.717) is 26.5 Å². The van der Waals surface area contributed by atoms with Crippen LogP contribution in [-0.2, 0) is 24.1 Å². The number of nitrogens with zero attached hydrogens (tertiary/aromatic N) is 3. The number of imidazole rings is 1. The minimum absolute atomic E-state index is 0.454. The molecule has 0 radical (unpaired) electrons. The van der Waals surface area contributed by atoms with Crippen LogP contribution in [0.3, 0.4) is 0 Å². The molecule has 0 bridgehead atoms. The monoisotopic (exact) mass is 452 g/mol. The number of pyridine rings is 1. The second kappa shape index (κ2) is 9.56. The summed E-state index contributed by atoms with van der Waals surface area (Å²) in [5, 5.41) is 1.00. The molecule has 0 saturated heterocycles. The first-order valence-corrected chi connectivity index (χ1v) is 11.9. The molecule has 2 aromatic heterocycles. The summed E-state index contributed by atoms with van der Waals surface area (Å²) in [6.45, 7) is 6.99. The van der Waals surface area contributed by atoms with Gasteiger partial charge in [0, 0.05) is 23.7 Å². The molecular formula is C21H26Cl2N4OS. The fraction of sp³-hybridized carbons (Fsp3) is 0.429. The van der Waals surface area contributed by atoms with E-state index >= 15 is 0 Å². The third kappa shape index (κ3) is 4.82. The van der Waals surface area contributed by atoms with Crippen molar-refractivity contribution < 1.29 is 4.55 Å². The average molecular weight is 453 g/mol. The summed E-state index contributed by atoms with van der Waals surface area (Å²) in [5.41, 5.74) is 10.0. The predicted octanol–water partition coefficient (Wildman–Crippen LogP) is 5.48. The molecule has 2 heterocycles. The zero-order chi connectivity index (χ0) is 21.1. The topological polar surface area (TPSA) is 79.8 Å². The highest BCUT2D eigenvalue weighted by molar-refractivity contribution is 7.91. The second-order valence-electron chi connectivity index (χ2n) is 7.17. The van der Waals surface area contributed by atoms with Gasteiger partial charge in [-0.3, -0.25) is 0 Å². The van der Waals surface area contributed by atoms with Gasteiger partial charge in [0.2, 0.25) is 0 Å². The van der Waals surface area contributed by atoms with Gasteiger partial charge in [-0.1, -0.05) is 30.1 Å². The highest BCUT2D eigenvalue weighted by atomic mass is 35.5. The van der Waals surface area contributed by atoms with E-state index in [0.717, 1.165) is 60.3 Å². The van der Waals surface area contributed by atoms with Crippen LogP contribution in [0.2, 0.25) is 10.0 Å². The predicted molar refractivity (Wildman–Crippen MR) is 122 cm³/mol. The molecule has 156 valence electrons.